The molecule has 5 nitrogen and oxygen atoms in total. The van der Waals surface area contributed by atoms with Crippen LogP contribution in [0.3, 0.4) is 0 Å². The van der Waals surface area contributed by atoms with E-state index >= 15 is 0 Å². The van der Waals surface area contributed by atoms with Gasteiger partial charge in [0.1, 0.15) is 0 Å². The van der Waals surface area contributed by atoms with E-state index in [1.54, 1.807) is 0 Å². The van der Waals surface area contributed by atoms with E-state index in [0.717, 1.165) is 38.5 Å². The van der Waals surface area contributed by atoms with Crippen molar-refractivity contribution < 1.29 is 9.47 Å². The molecule has 1 atom stereocenters. The fraction of sp³-hybridized carbons (Fsp3) is 0.650. The molecule has 2 N–H and O–H groups in total. The molecule has 6 heteroatoms. The fourth-order valence-corrected chi connectivity index (χ4v) is 2.76. The molecule has 1 unspecified atom stereocenters. The summed E-state index contributed by atoms with van der Waals surface area (Å²) in [6.45, 7) is 12.1. The Morgan fingerprint density at radius 3 is 2.50 bits per heavy atom. The van der Waals surface area contributed by atoms with Crippen LogP contribution < -0.4 is 10.6 Å². The molecule has 1 aliphatic heterocycles. The average molecular weight is 475 g/mol. The number of nitrogens with one attached hydrogen (secondary N) is 2. The molecule has 0 radical (unpaired) electrons. The largest absolute Gasteiger partial charge is 0.374 e. The second kappa shape index (κ2) is 11.8. The van der Waals surface area contributed by atoms with Gasteiger partial charge in [0.2, 0.25) is 0 Å². The van der Waals surface area contributed by atoms with Gasteiger partial charge in [-0.1, -0.05) is 24.3 Å². The molecule has 2 rings (SSSR count). The van der Waals surface area contributed by atoms with Gasteiger partial charge in [-0.05, 0) is 51.7 Å². The number of ether oxygens (including phenoxy) is 2. The summed E-state index contributed by atoms with van der Waals surface area (Å²) in [5, 5.41) is 6.71. The Hall–Kier alpha value is -0.860. The lowest BCUT2D eigenvalue weighted by molar-refractivity contribution is 0.0243. The van der Waals surface area contributed by atoms with Crippen LogP contribution in [0.15, 0.2) is 29.3 Å². The summed E-state index contributed by atoms with van der Waals surface area (Å²) in [5.41, 5.74) is 2.31. The second-order valence-corrected chi connectivity index (χ2v) is 7.13. The first kappa shape index (κ1) is 23.2. The molecule has 1 aromatic carbocycles. The summed E-state index contributed by atoms with van der Waals surface area (Å²) in [4.78, 5) is 4.69. The Kier molecular flexibility index (Phi) is 10.5. The summed E-state index contributed by atoms with van der Waals surface area (Å²) in [6.07, 6.45) is 2.49. The van der Waals surface area contributed by atoms with E-state index in [1.807, 2.05) is 0 Å². The standard InChI is InChI=1S/C20H33N3O2.HI/c1-5-21-19(23-15-20(4)11-6-12-25-20)22-13-17-7-9-18(10-8-17)14-24-16(2)3;/h7-10,16H,5-6,11-15H2,1-4H3,(H2,21,22,23);1H. The van der Waals surface area contributed by atoms with Crippen molar-refractivity contribution in [3.05, 3.63) is 35.4 Å². The van der Waals surface area contributed by atoms with Crippen LogP contribution >= 0.6 is 24.0 Å². The highest BCUT2D eigenvalue weighted by Gasteiger charge is 2.29. The van der Waals surface area contributed by atoms with Gasteiger partial charge in [-0.3, -0.25) is 0 Å². The van der Waals surface area contributed by atoms with E-state index < -0.39 is 0 Å². The Morgan fingerprint density at radius 1 is 1.23 bits per heavy atom. The zero-order valence-electron chi connectivity index (χ0n) is 16.5. The lowest BCUT2D eigenvalue weighted by Gasteiger charge is -2.24. The van der Waals surface area contributed by atoms with Crippen LogP contribution in [0.5, 0.6) is 0 Å². The maximum atomic E-state index is 5.83. The number of nitrogens with zero attached hydrogens (tertiary/aromatic N) is 1. The molecule has 0 saturated carbocycles. The molecule has 0 aliphatic carbocycles. The van der Waals surface area contributed by atoms with Crippen molar-refractivity contribution in [2.45, 2.75) is 65.4 Å². The van der Waals surface area contributed by atoms with Gasteiger partial charge in [0.25, 0.3) is 0 Å². The number of aliphatic imine (C=N–C) groups is 1. The first-order chi connectivity index (χ1) is 12.0. The van der Waals surface area contributed by atoms with Crippen LogP contribution in [0.4, 0.5) is 0 Å². The quantitative estimate of drug-likeness (QED) is 0.341. The van der Waals surface area contributed by atoms with Crippen molar-refractivity contribution in [1.82, 2.24) is 10.6 Å². The van der Waals surface area contributed by atoms with Crippen molar-refractivity contribution in [3.8, 4) is 0 Å². The van der Waals surface area contributed by atoms with E-state index in [0.29, 0.717) is 13.2 Å². The van der Waals surface area contributed by atoms with Crippen molar-refractivity contribution in [3.63, 3.8) is 0 Å². The van der Waals surface area contributed by atoms with Crippen molar-refractivity contribution in [2.75, 3.05) is 19.7 Å². The zero-order chi connectivity index (χ0) is 18.1. The third-order valence-corrected chi connectivity index (χ3v) is 4.30. The summed E-state index contributed by atoms with van der Waals surface area (Å²) < 4.78 is 11.5. The molecule has 0 aromatic heterocycles. The lowest BCUT2D eigenvalue weighted by Crippen LogP contribution is -2.45. The third kappa shape index (κ3) is 8.22. The highest BCUT2D eigenvalue weighted by Crippen LogP contribution is 2.23. The predicted molar refractivity (Wildman–Crippen MR) is 118 cm³/mol. The van der Waals surface area contributed by atoms with Crippen LogP contribution in [-0.4, -0.2) is 37.4 Å². The van der Waals surface area contributed by atoms with Gasteiger partial charge in [0, 0.05) is 19.7 Å². The Bertz CT molecular complexity index is 540. The molecule has 1 fully saturated rings. The van der Waals surface area contributed by atoms with Crippen molar-refractivity contribution in [2.24, 2.45) is 4.99 Å². The van der Waals surface area contributed by atoms with Crippen molar-refractivity contribution >= 4 is 29.9 Å². The van der Waals surface area contributed by atoms with Crippen LogP contribution in [0, 0.1) is 0 Å². The third-order valence-electron chi connectivity index (χ3n) is 4.30. The molecule has 1 saturated heterocycles. The molecule has 1 aliphatic rings. The number of halogens is 1. The molecular weight excluding hydrogens is 441 g/mol. The molecule has 1 heterocycles. The summed E-state index contributed by atoms with van der Waals surface area (Å²) in [5.74, 6) is 0.839. The average Bonchev–Trinajstić information content (AvgIpc) is 3.03. The maximum Gasteiger partial charge on any atom is 0.191 e. The zero-order valence-corrected chi connectivity index (χ0v) is 18.8. The van der Waals surface area contributed by atoms with Crippen LogP contribution in [-0.2, 0) is 22.6 Å². The SMILES string of the molecule is CCNC(=NCc1ccc(COC(C)C)cc1)NCC1(C)CCCO1.I. The number of rotatable bonds is 8. The van der Waals surface area contributed by atoms with E-state index in [-0.39, 0.29) is 35.7 Å². The minimum atomic E-state index is -0.0751. The summed E-state index contributed by atoms with van der Waals surface area (Å²) in [6, 6.07) is 8.46. The molecule has 1 aromatic rings. The van der Waals surface area contributed by atoms with Gasteiger partial charge in [-0.2, -0.15) is 0 Å². The van der Waals surface area contributed by atoms with Crippen LogP contribution in [0.25, 0.3) is 0 Å². The van der Waals surface area contributed by atoms with E-state index in [2.05, 4.69) is 67.6 Å². The Morgan fingerprint density at radius 2 is 1.92 bits per heavy atom. The van der Waals surface area contributed by atoms with E-state index in [4.69, 9.17) is 9.47 Å². The first-order valence-electron chi connectivity index (χ1n) is 9.36. The Balaban J connectivity index is 0.00000338. The fourth-order valence-electron chi connectivity index (χ4n) is 2.76. The minimum Gasteiger partial charge on any atom is -0.374 e. The van der Waals surface area contributed by atoms with E-state index in [1.165, 1.54) is 11.1 Å². The molecule has 26 heavy (non-hydrogen) atoms. The van der Waals surface area contributed by atoms with Gasteiger partial charge >= 0.3 is 0 Å². The van der Waals surface area contributed by atoms with Gasteiger partial charge < -0.3 is 20.1 Å². The number of hydrogen-bond donors (Lipinski definition) is 2. The highest BCUT2D eigenvalue weighted by atomic mass is 127. The monoisotopic (exact) mass is 475 g/mol. The first-order valence-corrected chi connectivity index (χ1v) is 9.36. The summed E-state index contributed by atoms with van der Waals surface area (Å²) >= 11 is 0. The van der Waals surface area contributed by atoms with Gasteiger partial charge in [-0.15, -0.1) is 24.0 Å². The van der Waals surface area contributed by atoms with Gasteiger partial charge in [0.15, 0.2) is 5.96 Å². The molecule has 0 spiro atoms. The van der Waals surface area contributed by atoms with Crippen LogP contribution in [0.1, 0.15) is 51.7 Å². The molecular formula is C20H34IN3O2. The molecule has 148 valence electrons. The normalized spacial score (nSPS) is 20.1. The van der Waals surface area contributed by atoms with Gasteiger partial charge in [-0.25, -0.2) is 4.99 Å². The Labute approximate surface area is 175 Å². The molecule has 0 amide bonds. The number of guanidine groups is 1. The number of benzene rings is 1. The second-order valence-electron chi connectivity index (χ2n) is 7.13. The predicted octanol–water partition coefficient (Wildman–Crippen LogP) is 3.85. The summed E-state index contributed by atoms with van der Waals surface area (Å²) in [7, 11) is 0. The van der Waals surface area contributed by atoms with E-state index in [9.17, 15) is 0 Å². The topological polar surface area (TPSA) is 54.9 Å². The highest BCUT2D eigenvalue weighted by molar-refractivity contribution is 14.0. The molecule has 0 bridgehead atoms. The minimum absolute atomic E-state index is 0. The number of hydrogen-bond acceptors (Lipinski definition) is 3. The van der Waals surface area contributed by atoms with Crippen LogP contribution in [0.2, 0.25) is 0 Å². The lowest BCUT2D eigenvalue weighted by atomic mass is 10.0. The van der Waals surface area contributed by atoms with Gasteiger partial charge in [0.05, 0.1) is 24.9 Å². The maximum absolute atomic E-state index is 5.83. The smallest absolute Gasteiger partial charge is 0.191 e. The van der Waals surface area contributed by atoms with Crippen molar-refractivity contribution in [1.29, 1.82) is 0 Å².